The molecule has 0 saturated heterocycles. The lowest BCUT2D eigenvalue weighted by atomic mass is 9.92. The Kier molecular flexibility index (Phi) is 4.41. The Hall–Kier alpha value is -0.860. The molecular weight excluding hydrogens is 220 g/mol. The highest BCUT2D eigenvalue weighted by Crippen LogP contribution is 2.37. The van der Waals surface area contributed by atoms with E-state index >= 15 is 0 Å². The Morgan fingerprint density at radius 2 is 2.00 bits per heavy atom. The maximum atomic E-state index is 5.66. The summed E-state index contributed by atoms with van der Waals surface area (Å²) in [7, 11) is 0. The lowest BCUT2D eigenvalue weighted by Gasteiger charge is -2.18. The van der Waals surface area contributed by atoms with Gasteiger partial charge in [0.15, 0.2) is 0 Å². The molecule has 1 fully saturated rings. The van der Waals surface area contributed by atoms with Gasteiger partial charge in [0.25, 0.3) is 0 Å². The summed E-state index contributed by atoms with van der Waals surface area (Å²) >= 11 is 0. The summed E-state index contributed by atoms with van der Waals surface area (Å²) in [6.07, 6.45) is 4.93. The van der Waals surface area contributed by atoms with Gasteiger partial charge in [-0.05, 0) is 48.8 Å². The van der Waals surface area contributed by atoms with Crippen LogP contribution in [0.3, 0.4) is 0 Å². The summed E-state index contributed by atoms with van der Waals surface area (Å²) in [5.41, 5.74) is 8.99. The van der Waals surface area contributed by atoms with Crippen molar-refractivity contribution in [3.63, 3.8) is 0 Å². The van der Waals surface area contributed by atoms with Crippen LogP contribution in [0.2, 0.25) is 0 Å². The number of rotatable bonds is 5. The average molecular weight is 246 g/mol. The Morgan fingerprint density at radius 1 is 1.28 bits per heavy atom. The standard InChI is InChI=1S/C16H26N2/c1-16(2)9-7-15(11-16)18-12-14-6-4-3-5-13(14)8-10-17/h3-6,15,18H,7-12,17H2,1-2H3. The second kappa shape index (κ2) is 5.85. The number of hydrogen-bond donors (Lipinski definition) is 2. The predicted octanol–water partition coefficient (Wildman–Crippen LogP) is 2.86. The van der Waals surface area contributed by atoms with E-state index in [0.29, 0.717) is 11.5 Å². The first-order valence-electron chi connectivity index (χ1n) is 7.11. The first kappa shape index (κ1) is 13.6. The topological polar surface area (TPSA) is 38.0 Å². The fourth-order valence-corrected chi connectivity index (χ4v) is 2.99. The van der Waals surface area contributed by atoms with Crippen molar-refractivity contribution in [1.29, 1.82) is 0 Å². The van der Waals surface area contributed by atoms with E-state index in [2.05, 4.69) is 43.4 Å². The van der Waals surface area contributed by atoms with Crippen LogP contribution in [0.5, 0.6) is 0 Å². The Labute approximate surface area is 111 Å². The van der Waals surface area contributed by atoms with Gasteiger partial charge < -0.3 is 11.1 Å². The lowest BCUT2D eigenvalue weighted by molar-refractivity contribution is 0.364. The lowest BCUT2D eigenvalue weighted by Crippen LogP contribution is -2.27. The van der Waals surface area contributed by atoms with E-state index in [-0.39, 0.29) is 0 Å². The highest BCUT2D eigenvalue weighted by molar-refractivity contribution is 5.27. The summed E-state index contributed by atoms with van der Waals surface area (Å²) in [6.45, 7) is 6.46. The van der Waals surface area contributed by atoms with Gasteiger partial charge in [0.2, 0.25) is 0 Å². The molecule has 1 aromatic carbocycles. The summed E-state index contributed by atoms with van der Waals surface area (Å²) < 4.78 is 0. The minimum Gasteiger partial charge on any atom is -0.330 e. The third-order valence-electron chi connectivity index (χ3n) is 4.08. The van der Waals surface area contributed by atoms with E-state index in [4.69, 9.17) is 5.73 Å². The van der Waals surface area contributed by atoms with Crippen LogP contribution in [-0.2, 0) is 13.0 Å². The molecule has 1 atom stereocenters. The molecule has 18 heavy (non-hydrogen) atoms. The number of nitrogens with two attached hydrogens (primary N) is 1. The molecule has 0 radical (unpaired) electrons. The van der Waals surface area contributed by atoms with Crippen LogP contribution in [0.15, 0.2) is 24.3 Å². The molecule has 0 aromatic heterocycles. The smallest absolute Gasteiger partial charge is 0.0210 e. The van der Waals surface area contributed by atoms with E-state index < -0.39 is 0 Å². The fourth-order valence-electron chi connectivity index (χ4n) is 2.99. The molecule has 1 aliphatic carbocycles. The highest BCUT2D eigenvalue weighted by Gasteiger charge is 2.30. The van der Waals surface area contributed by atoms with Crippen molar-refractivity contribution < 1.29 is 0 Å². The monoisotopic (exact) mass is 246 g/mol. The van der Waals surface area contributed by atoms with Crippen LogP contribution in [0.4, 0.5) is 0 Å². The third kappa shape index (κ3) is 3.56. The van der Waals surface area contributed by atoms with Gasteiger partial charge in [-0.3, -0.25) is 0 Å². The van der Waals surface area contributed by atoms with Crippen molar-refractivity contribution in [3.8, 4) is 0 Å². The van der Waals surface area contributed by atoms with Gasteiger partial charge in [0, 0.05) is 12.6 Å². The summed E-state index contributed by atoms with van der Waals surface area (Å²) in [5, 5.41) is 3.71. The van der Waals surface area contributed by atoms with Crippen molar-refractivity contribution in [2.45, 2.75) is 52.1 Å². The quantitative estimate of drug-likeness (QED) is 0.838. The molecule has 1 unspecified atom stereocenters. The fraction of sp³-hybridized carbons (Fsp3) is 0.625. The van der Waals surface area contributed by atoms with Crippen molar-refractivity contribution >= 4 is 0 Å². The van der Waals surface area contributed by atoms with Gasteiger partial charge in [-0.2, -0.15) is 0 Å². The van der Waals surface area contributed by atoms with Gasteiger partial charge in [-0.15, -0.1) is 0 Å². The number of benzene rings is 1. The van der Waals surface area contributed by atoms with Crippen molar-refractivity contribution in [1.82, 2.24) is 5.32 Å². The zero-order valence-electron chi connectivity index (χ0n) is 11.7. The zero-order chi connectivity index (χ0) is 13.0. The van der Waals surface area contributed by atoms with Gasteiger partial charge in [-0.25, -0.2) is 0 Å². The van der Waals surface area contributed by atoms with Gasteiger partial charge in [0.05, 0.1) is 0 Å². The third-order valence-corrected chi connectivity index (χ3v) is 4.08. The minimum atomic E-state index is 0.522. The molecule has 1 aliphatic rings. The van der Waals surface area contributed by atoms with Crippen LogP contribution in [0.1, 0.15) is 44.2 Å². The summed E-state index contributed by atoms with van der Waals surface area (Å²) in [4.78, 5) is 0. The summed E-state index contributed by atoms with van der Waals surface area (Å²) in [5.74, 6) is 0. The molecule has 100 valence electrons. The maximum absolute atomic E-state index is 5.66. The molecule has 0 aliphatic heterocycles. The van der Waals surface area contributed by atoms with Gasteiger partial charge in [0.1, 0.15) is 0 Å². The Bertz CT molecular complexity index is 384. The molecule has 0 heterocycles. The number of nitrogens with one attached hydrogen (secondary N) is 1. The van der Waals surface area contributed by atoms with E-state index in [0.717, 1.165) is 19.5 Å². The van der Waals surface area contributed by atoms with E-state index in [9.17, 15) is 0 Å². The van der Waals surface area contributed by atoms with Gasteiger partial charge in [-0.1, -0.05) is 38.1 Å². The maximum Gasteiger partial charge on any atom is 0.0210 e. The van der Waals surface area contributed by atoms with Crippen LogP contribution in [0, 0.1) is 5.41 Å². The Balaban J connectivity index is 1.90. The molecule has 2 heteroatoms. The molecule has 0 spiro atoms. The largest absolute Gasteiger partial charge is 0.330 e. The predicted molar refractivity (Wildman–Crippen MR) is 77.5 cm³/mol. The van der Waals surface area contributed by atoms with Gasteiger partial charge >= 0.3 is 0 Å². The molecule has 1 saturated carbocycles. The molecule has 0 bridgehead atoms. The average Bonchev–Trinajstić information content (AvgIpc) is 2.68. The minimum absolute atomic E-state index is 0.522. The molecule has 2 nitrogen and oxygen atoms in total. The second-order valence-electron chi connectivity index (χ2n) is 6.29. The van der Waals surface area contributed by atoms with Crippen molar-refractivity contribution in [3.05, 3.63) is 35.4 Å². The van der Waals surface area contributed by atoms with E-state index in [1.54, 1.807) is 0 Å². The van der Waals surface area contributed by atoms with Crippen LogP contribution < -0.4 is 11.1 Å². The zero-order valence-corrected chi connectivity index (χ0v) is 11.7. The molecule has 2 rings (SSSR count). The molecule has 3 N–H and O–H groups in total. The molecule has 0 amide bonds. The van der Waals surface area contributed by atoms with Crippen molar-refractivity contribution in [2.75, 3.05) is 6.54 Å². The van der Waals surface area contributed by atoms with Crippen molar-refractivity contribution in [2.24, 2.45) is 11.1 Å². The molecular formula is C16H26N2. The van der Waals surface area contributed by atoms with Crippen LogP contribution >= 0.6 is 0 Å². The van der Waals surface area contributed by atoms with E-state index in [1.807, 2.05) is 0 Å². The normalized spacial score (nSPS) is 22.3. The summed E-state index contributed by atoms with van der Waals surface area (Å²) in [6, 6.07) is 9.33. The van der Waals surface area contributed by atoms with E-state index in [1.165, 1.54) is 30.4 Å². The first-order valence-corrected chi connectivity index (χ1v) is 7.11. The SMILES string of the molecule is CC1(C)CCC(NCc2ccccc2CCN)C1. The number of hydrogen-bond acceptors (Lipinski definition) is 2. The molecule has 1 aromatic rings. The first-order chi connectivity index (χ1) is 8.61. The van der Waals surface area contributed by atoms with Crippen LogP contribution in [0.25, 0.3) is 0 Å². The highest BCUT2D eigenvalue weighted by atomic mass is 14.9. The second-order valence-corrected chi connectivity index (χ2v) is 6.29. The Morgan fingerprint density at radius 3 is 2.61 bits per heavy atom. The van der Waals surface area contributed by atoms with Crippen LogP contribution in [-0.4, -0.2) is 12.6 Å².